The Morgan fingerprint density at radius 3 is 2.63 bits per heavy atom. The van der Waals surface area contributed by atoms with E-state index >= 15 is 0 Å². The van der Waals surface area contributed by atoms with Gasteiger partial charge in [0.1, 0.15) is 0 Å². The van der Waals surface area contributed by atoms with Crippen LogP contribution in [-0.4, -0.2) is 47.6 Å². The smallest absolute Gasteiger partial charge is 0.303 e. The summed E-state index contributed by atoms with van der Waals surface area (Å²) in [5, 5.41) is 11.9. The number of hydrogen-bond donors (Lipinski definition) is 2. The number of amides is 1. The third-order valence-electron chi connectivity index (χ3n) is 4.21. The average Bonchev–Trinajstić information content (AvgIpc) is 2.37. The Morgan fingerprint density at radius 1 is 1.47 bits per heavy atom. The van der Waals surface area contributed by atoms with E-state index < -0.39 is 11.5 Å². The van der Waals surface area contributed by atoms with Gasteiger partial charge < -0.3 is 15.3 Å². The van der Waals surface area contributed by atoms with Gasteiger partial charge in [0.05, 0.1) is 5.54 Å². The van der Waals surface area contributed by atoms with Gasteiger partial charge in [-0.05, 0) is 45.6 Å². The topological polar surface area (TPSA) is 69.6 Å². The van der Waals surface area contributed by atoms with Gasteiger partial charge in [-0.25, -0.2) is 0 Å². The minimum atomic E-state index is -0.758. The fraction of sp³-hybridized carbons (Fsp3) is 0.857. The molecule has 1 amide bonds. The molecule has 0 aromatic rings. The first-order valence-electron chi connectivity index (χ1n) is 6.98. The van der Waals surface area contributed by atoms with Crippen LogP contribution in [0, 0.1) is 11.8 Å². The lowest BCUT2D eigenvalue weighted by atomic mass is 9.84. The van der Waals surface area contributed by atoms with Gasteiger partial charge in [0, 0.05) is 19.5 Å². The van der Waals surface area contributed by atoms with E-state index in [4.69, 9.17) is 5.11 Å². The van der Waals surface area contributed by atoms with Crippen LogP contribution in [0.3, 0.4) is 0 Å². The van der Waals surface area contributed by atoms with E-state index in [0.29, 0.717) is 12.5 Å². The van der Waals surface area contributed by atoms with Crippen molar-refractivity contribution in [3.8, 4) is 0 Å². The van der Waals surface area contributed by atoms with Gasteiger partial charge in [0.25, 0.3) is 0 Å². The molecule has 5 nitrogen and oxygen atoms in total. The molecule has 1 aliphatic rings. The molecular formula is C14H26N2O3. The Bertz CT molecular complexity index is 342. The average molecular weight is 270 g/mol. The highest BCUT2D eigenvalue weighted by Gasteiger charge is 2.34. The van der Waals surface area contributed by atoms with Crippen molar-refractivity contribution in [1.29, 1.82) is 0 Å². The Labute approximate surface area is 115 Å². The molecular weight excluding hydrogens is 244 g/mol. The number of carboxylic acids is 1. The van der Waals surface area contributed by atoms with Crippen molar-refractivity contribution in [2.75, 3.05) is 20.1 Å². The number of carbonyl (C=O) groups excluding carboxylic acids is 1. The predicted octanol–water partition coefficient (Wildman–Crippen LogP) is 1.33. The minimum absolute atomic E-state index is 0.0993. The Hall–Kier alpha value is -1.10. The van der Waals surface area contributed by atoms with Gasteiger partial charge in [-0.15, -0.1) is 0 Å². The fourth-order valence-electron chi connectivity index (χ4n) is 2.60. The number of aliphatic carboxylic acids is 1. The number of rotatable bonds is 5. The molecule has 0 aliphatic carbocycles. The lowest BCUT2D eigenvalue weighted by Gasteiger charge is -2.39. The van der Waals surface area contributed by atoms with Crippen LogP contribution in [0.25, 0.3) is 0 Å². The molecule has 2 N–H and O–H groups in total. The molecule has 1 aliphatic heterocycles. The number of hydrogen-bond acceptors (Lipinski definition) is 3. The molecule has 0 spiro atoms. The maximum atomic E-state index is 12.4. The standard InChI is InChI=1S/C14H26N2O3/c1-10(8-12(17)18)11-6-5-7-16(9-11)13(19)14(2,3)15-4/h10-11,15H,5-9H2,1-4H3,(H,17,18). The highest BCUT2D eigenvalue weighted by molar-refractivity contribution is 5.85. The summed E-state index contributed by atoms with van der Waals surface area (Å²) in [5.74, 6) is -0.249. The third-order valence-corrected chi connectivity index (χ3v) is 4.21. The number of likely N-dealkylation sites (tertiary alicyclic amines) is 1. The van der Waals surface area contributed by atoms with Gasteiger partial charge in [-0.2, -0.15) is 0 Å². The first-order valence-corrected chi connectivity index (χ1v) is 6.98. The molecule has 1 heterocycles. The van der Waals surface area contributed by atoms with E-state index in [9.17, 15) is 9.59 Å². The maximum absolute atomic E-state index is 12.4. The second-order valence-electron chi connectivity index (χ2n) is 6.10. The van der Waals surface area contributed by atoms with Gasteiger partial charge in [0.15, 0.2) is 0 Å². The van der Waals surface area contributed by atoms with Gasteiger partial charge in [-0.3, -0.25) is 9.59 Å². The second-order valence-corrected chi connectivity index (χ2v) is 6.10. The molecule has 0 saturated carbocycles. The van der Waals surface area contributed by atoms with Crippen molar-refractivity contribution < 1.29 is 14.7 Å². The summed E-state index contributed by atoms with van der Waals surface area (Å²) in [6.07, 6.45) is 2.15. The van der Waals surface area contributed by atoms with Gasteiger partial charge in [-0.1, -0.05) is 6.92 Å². The first kappa shape index (κ1) is 16.0. The van der Waals surface area contributed by atoms with Crippen LogP contribution in [0.2, 0.25) is 0 Å². The predicted molar refractivity (Wildman–Crippen MR) is 73.9 cm³/mol. The summed E-state index contributed by atoms with van der Waals surface area (Å²) in [6, 6.07) is 0. The van der Waals surface area contributed by atoms with Crippen molar-refractivity contribution in [3.63, 3.8) is 0 Å². The lowest BCUT2D eigenvalue weighted by Crippen LogP contribution is -2.55. The quantitative estimate of drug-likeness (QED) is 0.791. The van der Waals surface area contributed by atoms with Crippen LogP contribution in [0.1, 0.15) is 40.0 Å². The first-order chi connectivity index (χ1) is 8.77. The molecule has 0 aromatic heterocycles. The van der Waals surface area contributed by atoms with Crippen molar-refractivity contribution in [1.82, 2.24) is 10.2 Å². The van der Waals surface area contributed by atoms with Crippen LogP contribution in [0.15, 0.2) is 0 Å². The van der Waals surface area contributed by atoms with E-state index in [0.717, 1.165) is 19.4 Å². The molecule has 0 bridgehead atoms. The summed E-state index contributed by atoms with van der Waals surface area (Å²) in [6.45, 7) is 7.17. The molecule has 110 valence electrons. The van der Waals surface area contributed by atoms with Crippen molar-refractivity contribution in [2.45, 2.75) is 45.6 Å². The molecule has 19 heavy (non-hydrogen) atoms. The van der Waals surface area contributed by atoms with Crippen LogP contribution < -0.4 is 5.32 Å². The maximum Gasteiger partial charge on any atom is 0.303 e. The SMILES string of the molecule is CNC(C)(C)C(=O)N1CCCC(C(C)CC(=O)O)C1. The second kappa shape index (κ2) is 6.37. The molecule has 2 unspecified atom stereocenters. The van der Waals surface area contributed by atoms with E-state index in [1.54, 1.807) is 7.05 Å². The summed E-state index contributed by atoms with van der Waals surface area (Å²) in [5.41, 5.74) is -0.558. The van der Waals surface area contributed by atoms with E-state index in [-0.39, 0.29) is 18.2 Å². The Balaban J connectivity index is 2.64. The zero-order valence-electron chi connectivity index (χ0n) is 12.4. The van der Waals surface area contributed by atoms with Crippen molar-refractivity contribution in [3.05, 3.63) is 0 Å². The minimum Gasteiger partial charge on any atom is -0.481 e. The number of carboxylic acid groups (broad SMARTS) is 1. The number of likely N-dealkylation sites (N-methyl/N-ethyl adjacent to an activating group) is 1. The number of nitrogens with one attached hydrogen (secondary N) is 1. The molecule has 1 saturated heterocycles. The Morgan fingerprint density at radius 2 is 2.11 bits per heavy atom. The molecule has 0 aromatic carbocycles. The van der Waals surface area contributed by atoms with E-state index in [1.165, 1.54) is 0 Å². The normalized spacial score (nSPS) is 22.1. The number of carbonyl (C=O) groups is 2. The largest absolute Gasteiger partial charge is 0.481 e. The zero-order chi connectivity index (χ0) is 14.6. The summed E-state index contributed by atoms with van der Waals surface area (Å²) in [4.78, 5) is 25.0. The summed E-state index contributed by atoms with van der Waals surface area (Å²) in [7, 11) is 1.78. The van der Waals surface area contributed by atoms with Crippen LogP contribution >= 0.6 is 0 Å². The molecule has 1 fully saturated rings. The zero-order valence-corrected chi connectivity index (χ0v) is 12.4. The summed E-state index contributed by atoms with van der Waals surface area (Å²) >= 11 is 0. The summed E-state index contributed by atoms with van der Waals surface area (Å²) < 4.78 is 0. The fourth-order valence-corrected chi connectivity index (χ4v) is 2.60. The monoisotopic (exact) mass is 270 g/mol. The van der Waals surface area contributed by atoms with Crippen LogP contribution in [0.5, 0.6) is 0 Å². The lowest BCUT2D eigenvalue weighted by molar-refractivity contribution is -0.140. The number of piperidine rings is 1. The van der Waals surface area contributed by atoms with Crippen LogP contribution in [-0.2, 0) is 9.59 Å². The molecule has 0 radical (unpaired) electrons. The van der Waals surface area contributed by atoms with Gasteiger partial charge in [0.2, 0.25) is 5.91 Å². The van der Waals surface area contributed by atoms with Crippen molar-refractivity contribution in [2.24, 2.45) is 11.8 Å². The number of nitrogens with zero attached hydrogens (tertiary/aromatic N) is 1. The van der Waals surface area contributed by atoms with Crippen molar-refractivity contribution >= 4 is 11.9 Å². The molecule has 5 heteroatoms. The van der Waals surface area contributed by atoms with E-state index in [1.807, 2.05) is 25.7 Å². The van der Waals surface area contributed by atoms with E-state index in [2.05, 4.69) is 5.32 Å². The highest BCUT2D eigenvalue weighted by atomic mass is 16.4. The van der Waals surface area contributed by atoms with Crippen LogP contribution in [0.4, 0.5) is 0 Å². The molecule has 2 atom stereocenters. The highest BCUT2D eigenvalue weighted by Crippen LogP contribution is 2.27. The third kappa shape index (κ3) is 4.20. The van der Waals surface area contributed by atoms with Gasteiger partial charge >= 0.3 is 5.97 Å². The Kier molecular flexibility index (Phi) is 5.35. The molecule has 1 rings (SSSR count).